The number of aromatic nitrogens is 2. The maximum atomic E-state index is 11.2. The molecule has 0 atom stereocenters. The first-order valence-electron chi connectivity index (χ1n) is 3.48. The highest BCUT2D eigenvalue weighted by atomic mass is 16.1. The molecule has 0 spiro atoms. The van der Waals surface area contributed by atoms with Crippen LogP contribution in [0.4, 0.5) is 0 Å². The summed E-state index contributed by atoms with van der Waals surface area (Å²) in [4.78, 5) is 11.2. The predicted octanol–water partition coefficient (Wildman–Crippen LogP) is -1.25. The fraction of sp³-hybridized carbons (Fsp3) is 0.286. The molecular weight excluding hydrogens is 128 g/mol. The van der Waals surface area contributed by atoms with E-state index in [0.717, 1.165) is 12.4 Å². The first-order valence-corrected chi connectivity index (χ1v) is 2.90. The van der Waals surface area contributed by atoms with E-state index in [1.54, 1.807) is 18.5 Å². The molecule has 1 aromatic heterocycles. The van der Waals surface area contributed by atoms with Crippen LogP contribution in [0.5, 0.6) is 0 Å². The molecule has 3 heteroatoms. The van der Waals surface area contributed by atoms with Crippen LogP contribution in [0, 0.1) is 13.6 Å². The standard InChI is InChI=1S/C7H10N2O/c1-5-7(10)9(4)6(2)8(5)3/h1,4H2,2-3H3/i1T. The highest BCUT2D eigenvalue weighted by Crippen LogP contribution is 1.72. The van der Waals surface area contributed by atoms with E-state index in [1.807, 2.05) is 0 Å². The van der Waals surface area contributed by atoms with Gasteiger partial charge < -0.3 is 13.6 Å². The molecule has 0 N–H and O–H groups in total. The average Bonchev–Trinajstić information content (AvgIpc) is 2.17. The summed E-state index contributed by atoms with van der Waals surface area (Å²) in [6.45, 7) is 6.35. The van der Waals surface area contributed by atoms with Crippen molar-refractivity contribution < 1.29 is 5.61 Å². The molecule has 0 saturated carbocycles. The Morgan fingerprint density at radius 3 is 2.70 bits per heavy atom. The van der Waals surface area contributed by atoms with Crippen molar-refractivity contribution in [3.05, 3.63) is 28.2 Å². The zero-order chi connectivity index (χ0) is 8.59. The molecule has 3 nitrogen and oxygen atoms in total. The van der Waals surface area contributed by atoms with Gasteiger partial charge in [-0.2, -0.15) is 0 Å². The molecule has 0 aliphatic carbocycles. The van der Waals surface area contributed by atoms with Crippen LogP contribution in [0.2, 0.25) is 0 Å². The Hall–Kier alpha value is -1.25. The first-order chi connectivity index (χ1) is 5.09. The molecule has 0 radical (unpaired) electrons. The van der Waals surface area contributed by atoms with Crippen LogP contribution in [0.25, 0.3) is 6.55 Å². The Balaban J connectivity index is 3.94. The van der Waals surface area contributed by atoms with Crippen molar-refractivity contribution in [1.29, 1.82) is 0 Å². The lowest BCUT2D eigenvalue weighted by atomic mass is 10.7. The third-order valence-corrected chi connectivity index (χ3v) is 1.70. The Morgan fingerprint density at radius 2 is 2.50 bits per heavy atom. The van der Waals surface area contributed by atoms with E-state index in [-0.39, 0.29) is 5.56 Å². The lowest BCUT2D eigenvalue weighted by molar-refractivity contribution is -0.522. The van der Waals surface area contributed by atoms with Gasteiger partial charge in [-0.15, -0.1) is 0 Å². The van der Waals surface area contributed by atoms with E-state index < -0.39 is 0 Å². The Kier molecular flexibility index (Phi) is 1.03. The van der Waals surface area contributed by atoms with E-state index in [9.17, 15) is 4.79 Å². The van der Waals surface area contributed by atoms with Gasteiger partial charge in [-0.1, -0.05) is 6.55 Å². The summed E-state index contributed by atoms with van der Waals surface area (Å²) in [5, 5.41) is 0.359. The summed E-state index contributed by atoms with van der Waals surface area (Å²) in [5.74, 6) is 0.744. The Labute approximate surface area is 60.0 Å². The SMILES string of the molecule is [3H]C=c1c(=O)[n+](=C)[c-](C)n1C. The molecule has 0 aliphatic rings. The van der Waals surface area contributed by atoms with Crippen molar-refractivity contribution >= 4 is 6.55 Å². The minimum atomic E-state index is -0.222. The number of imidazole rings is 1. The van der Waals surface area contributed by atoms with Crippen LogP contribution in [-0.4, -0.2) is 4.57 Å². The second-order valence-electron chi connectivity index (χ2n) is 2.22. The Morgan fingerprint density at radius 1 is 1.90 bits per heavy atom. The van der Waals surface area contributed by atoms with E-state index in [4.69, 9.17) is 1.37 Å². The van der Waals surface area contributed by atoms with E-state index in [0.29, 0.717) is 5.35 Å². The van der Waals surface area contributed by atoms with Crippen LogP contribution in [-0.2, 0) is 7.05 Å². The Bertz CT molecular complexity index is 427. The highest BCUT2D eigenvalue weighted by molar-refractivity contribution is 4.94. The van der Waals surface area contributed by atoms with Gasteiger partial charge in [0, 0.05) is 8.29 Å². The van der Waals surface area contributed by atoms with E-state index in [1.165, 1.54) is 4.24 Å². The van der Waals surface area contributed by atoms with Gasteiger partial charge in [0.2, 0.25) is 0 Å². The number of hydrogen-bond acceptors (Lipinski definition) is 1. The molecule has 0 aromatic carbocycles. The number of hydrogen-bond donors (Lipinski definition) is 0. The second kappa shape index (κ2) is 1.87. The van der Waals surface area contributed by atoms with Crippen molar-refractivity contribution in [3.8, 4) is 0 Å². The van der Waals surface area contributed by atoms with Crippen LogP contribution < -0.4 is 15.2 Å². The third kappa shape index (κ3) is 0.635. The van der Waals surface area contributed by atoms with Gasteiger partial charge in [0.05, 0.1) is 12.4 Å². The molecule has 1 aromatic rings. The first kappa shape index (κ1) is 5.53. The van der Waals surface area contributed by atoms with Gasteiger partial charge in [-0.25, -0.2) is 0 Å². The number of rotatable bonds is 0. The molecule has 54 valence electrons. The topological polar surface area (TPSA) is 27.9 Å². The van der Waals surface area contributed by atoms with Gasteiger partial charge in [-0.05, 0) is 6.72 Å². The fourth-order valence-corrected chi connectivity index (χ4v) is 0.784. The second-order valence-corrected chi connectivity index (χ2v) is 2.22. The largest absolute Gasteiger partial charge is 0.316 e. The summed E-state index contributed by atoms with van der Waals surface area (Å²) < 4.78 is 9.87. The maximum absolute atomic E-state index is 11.2. The highest BCUT2D eigenvalue weighted by Gasteiger charge is 1.99. The minimum Gasteiger partial charge on any atom is -0.316 e. The lowest BCUT2D eigenvalue weighted by Gasteiger charge is -1.88. The van der Waals surface area contributed by atoms with Crippen LogP contribution in [0.3, 0.4) is 0 Å². The zero-order valence-electron chi connectivity index (χ0n) is 7.09. The van der Waals surface area contributed by atoms with Crippen molar-refractivity contribution in [3.63, 3.8) is 0 Å². The quantitative estimate of drug-likeness (QED) is 0.327. The molecule has 0 unspecified atom stereocenters. The summed E-state index contributed by atoms with van der Waals surface area (Å²) in [7, 11) is 1.73. The van der Waals surface area contributed by atoms with Gasteiger partial charge in [0.25, 0.3) is 5.56 Å². The van der Waals surface area contributed by atoms with E-state index in [2.05, 4.69) is 6.72 Å². The van der Waals surface area contributed by atoms with Crippen LogP contribution >= 0.6 is 0 Å². The molecule has 0 amide bonds. The molecule has 0 bridgehead atoms. The minimum absolute atomic E-state index is 0.222. The van der Waals surface area contributed by atoms with Gasteiger partial charge >= 0.3 is 0 Å². The van der Waals surface area contributed by atoms with Crippen molar-refractivity contribution in [2.45, 2.75) is 6.92 Å². The van der Waals surface area contributed by atoms with E-state index >= 15 is 0 Å². The summed E-state index contributed by atoms with van der Waals surface area (Å²) >= 11 is 0. The smallest absolute Gasteiger partial charge is 0.259 e. The molecule has 1 heterocycles. The van der Waals surface area contributed by atoms with Crippen molar-refractivity contribution in [2.75, 3.05) is 0 Å². The average molecular weight is 140 g/mol. The summed E-state index contributed by atoms with van der Waals surface area (Å²) in [6.07, 6.45) is 0. The van der Waals surface area contributed by atoms with Crippen LogP contribution in [0.15, 0.2) is 4.79 Å². The molecule has 0 fully saturated rings. The monoisotopic (exact) mass is 140 g/mol. The fourth-order valence-electron chi connectivity index (χ4n) is 0.784. The maximum Gasteiger partial charge on any atom is 0.259 e. The van der Waals surface area contributed by atoms with Gasteiger partial charge in [-0.3, -0.25) is 0 Å². The van der Waals surface area contributed by atoms with Crippen molar-refractivity contribution in [2.24, 2.45) is 7.05 Å². The molecule has 10 heavy (non-hydrogen) atoms. The summed E-state index contributed by atoms with van der Waals surface area (Å²) in [5.41, 5.74) is -0.222. The third-order valence-electron chi connectivity index (χ3n) is 1.70. The molecule has 1 rings (SSSR count). The van der Waals surface area contributed by atoms with Crippen LogP contribution in [0.1, 0.15) is 7.20 Å². The molecular formula is C7H10N2O. The zero-order valence-corrected chi connectivity index (χ0v) is 6.09. The normalized spacial score (nSPS) is 13.8. The molecule has 0 saturated heterocycles. The number of nitrogens with zero attached hydrogens (tertiary/aromatic N) is 2. The van der Waals surface area contributed by atoms with Gasteiger partial charge in [0.15, 0.2) is 5.82 Å². The summed E-state index contributed by atoms with van der Waals surface area (Å²) in [6, 6.07) is 0. The predicted molar refractivity (Wildman–Crippen MR) is 38.1 cm³/mol. The van der Waals surface area contributed by atoms with Crippen molar-refractivity contribution in [1.82, 2.24) is 4.57 Å². The molecule has 0 aliphatic heterocycles. The lowest BCUT2D eigenvalue weighted by Crippen LogP contribution is -2.40. The van der Waals surface area contributed by atoms with Gasteiger partial charge in [0.1, 0.15) is 0 Å².